The van der Waals surface area contributed by atoms with Crippen LogP contribution in [0.1, 0.15) is 5.56 Å². The molecule has 0 unspecified atom stereocenters. The van der Waals surface area contributed by atoms with Gasteiger partial charge in [0.1, 0.15) is 0 Å². The molecule has 0 fully saturated rings. The summed E-state index contributed by atoms with van der Waals surface area (Å²) in [5, 5.41) is 2.68. The lowest BCUT2D eigenvalue weighted by atomic mass is 10.2. The molecule has 3 aromatic rings. The van der Waals surface area contributed by atoms with Crippen LogP contribution >= 0.6 is 0 Å². The number of aromatic nitrogens is 2. The zero-order valence-corrected chi connectivity index (χ0v) is 16.3. The van der Waals surface area contributed by atoms with Crippen molar-refractivity contribution in [2.45, 2.75) is 4.90 Å². The molecule has 9 heteroatoms. The normalized spacial score (nSPS) is 11.2. The van der Waals surface area contributed by atoms with Gasteiger partial charge >= 0.3 is 0 Å². The van der Waals surface area contributed by atoms with Gasteiger partial charge in [0.05, 0.1) is 12.0 Å². The van der Waals surface area contributed by atoms with E-state index in [1.165, 1.54) is 49.8 Å². The predicted octanol–water partition coefficient (Wildman–Crippen LogP) is 2.94. The van der Waals surface area contributed by atoms with E-state index in [2.05, 4.69) is 20.0 Å². The third kappa shape index (κ3) is 5.39. The van der Waals surface area contributed by atoms with Gasteiger partial charge in [-0.05, 0) is 35.9 Å². The topological polar surface area (TPSA) is 110 Å². The minimum atomic E-state index is -3.90. The fourth-order valence-electron chi connectivity index (χ4n) is 2.37. The zero-order valence-electron chi connectivity index (χ0n) is 15.4. The lowest BCUT2D eigenvalue weighted by molar-refractivity contribution is -0.111. The van der Waals surface area contributed by atoms with E-state index >= 15 is 0 Å². The molecule has 0 saturated heterocycles. The number of ether oxygens (including phenoxy) is 1. The van der Waals surface area contributed by atoms with E-state index in [1.54, 1.807) is 6.08 Å². The number of carbonyl (C=O) groups excluding carboxylic acids is 1. The van der Waals surface area contributed by atoms with Gasteiger partial charge in [-0.25, -0.2) is 18.4 Å². The van der Waals surface area contributed by atoms with Crippen LogP contribution in [0.15, 0.2) is 78.0 Å². The van der Waals surface area contributed by atoms with Crippen LogP contribution in [0.3, 0.4) is 0 Å². The van der Waals surface area contributed by atoms with Crippen molar-refractivity contribution in [1.29, 1.82) is 0 Å². The summed E-state index contributed by atoms with van der Waals surface area (Å²) in [4.78, 5) is 19.8. The van der Waals surface area contributed by atoms with Crippen molar-refractivity contribution in [2.24, 2.45) is 0 Å². The first-order valence-corrected chi connectivity index (χ1v) is 9.98. The van der Waals surface area contributed by atoms with E-state index < -0.39 is 10.0 Å². The fraction of sp³-hybridized carbons (Fsp3) is 0.0500. The molecule has 0 aliphatic rings. The molecule has 0 aliphatic carbocycles. The number of rotatable bonds is 7. The molecule has 3 rings (SSSR count). The van der Waals surface area contributed by atoms with Gasteiger partial charge in [0.2, 0.25) is 11.7 Å². The van der Waals surface area contributed by atoms with Crippen LogP contribution < -0.4 is 14.8 Å². The summed E-state index contributed by atoms with van der Waals surface area (Å²) in [5.41, 5.74) is 1.36. The number of carbonyl (C=O) groups is 1. The summed E-state index contributed by atoms with van der Waals surface area (Å²) in [6, 6.07) is 15.1. The van der Waals surface area contributed by atoms with Crippen molar-refractivity contribution >= 4 is 33.5 Å². The summed E-state index contributed by atoms with van der Waals surface area (Å²) in [6.45, 7) is 0. The molecule has 148 valence electrons. The first-order chi connectivity index (χ1) is 14.0. The van der Waals surface area contributed by atoms with Crippen molar-refractivity contribution < 1.29 is 17.9 Å². The third-order valence-electron chi connectivity index (χ3n) is 3.75. The minimum Gasteiger partial charge on any atom is -0.478 e. The predicted molar refractivity (Wildman–Crippen MR) is 110 cm³/mol. The number of nitrogens with one attached hydrogen (secondary N) is 2. The van der Waals surface area contributed by atoms with Crippen molar-refractivity contribution in [3.8, 4) is 5.88 Å². The summed E-state index contributed by atoms with van der Waals surface area (Å²) < 4.78 is 32.4. The Morgan fingerprint density at radius 3 is 2.38 bits per heavy atom. The molecule has 8 nitrogen and oxygen atoms in total. The number of benzene rings is 2. The zero-order chi connectivity index (χ0) is 20.7. The van der Waals surface area contributed by atoms with Crippen LogP contribution in [0.4, 0.5) is 11.5 Å². The summed E-state index contributed by atoms with van der Waals surface area (Å²) >= 11 is 0. The fourth-order valence-corrected chi connectivity index (χ4v) is 3.38. The molecule has 2 N–H and O–H groups in total. The van der Waals surface area contributed by atoms with Crippen LogP contribution in [-0.4, -0.2) is 31.4 Å². The maximum Gasteiger partial charge on any atom is 0.263 e. The Bertz CT molecular complexity index is 1110. The number of amides is 1. The highest BCUT2D eigenvalue weighted by molar-refractivity contribution is 7.92. The molecule has 0 atom stereocenters. The molecule has 0 spiro atoms. The molecule has 0 bridgehead atoms. The highest BCUT2D eigenvalue weighted by Gasteiger charge is 2.18. The van der Waals surface area contributed by atoms with Gasteiger partial charge in [-0.1, -0.05) is 30.3 Å². The van der Waals surface area contributed by atoms with E-state index in [-0.39, 0.29) is 22.5 Å². The van der Waals surface area contributed by atoms with Crippen LogP contribution in [0.25, 0.3) is 6.08 Å². The van der Waals surface area contributed by atoms with E-state index in [0.717, 1.165) is 5.56 Å². The Morgan fingerprint density at radius 1 is 1.00 bits per heavy atom. The Balaban J connectivity index is 1.67. The molecule has 1 aromatic heterocycles. The summed E-state index contributed by atoms with van der Waals surface area (Å²) in [6.07, 6.45) is 5.83. The molecule has 0 saturated carbocycles. The maximum absolute atomic E-state index is 12.5. The average molecular weight is 410 g/mol. The lowest BCUT2D eigenvalue weighted by Gasteiger charge is -2.10. The molecule has 0 radical (unpaired) electrons. The molecule has 29 heavy (non-hydrogen) atoms. The SMILES string of the molecule is COc1nccnc1NS(=O)(=O)c1ccc(NC(=O)C=Cc2ccccc2)cc1. The van der Waals surface area contributed by atoms with Gasteiger partial charge in [-0.15, -0.1) is 0 Å². The van der Waals surface area contributed by atoms with Crippen LogP contribution in [0, 0.1) is 0 Å². The van der Waals surface area contributed by atoms with Gasteiger partial charge in [0.25, 0.3) is 15.9 Å². The molecular formula is C20H18N4O4S. The van der Waals surface area contributed by atoms with E-state index in [4.69, 9.17) is 4.74 Å². The second-order valence-electron chi connectivity index (χ2n) is 5.78. The van der Waals surface area contributed by atoms with Gasteiger partial charge in [0.15, 0.2) is 0 Å². The Labute approximate surface area is 168 Å². The highest BCUT2D eigenvalue weighted by atomic mass is 32.2. The Hall–Kier alpha value is -3.72. The second kappa shape index (κ2) is 8.98. The minimum absolute atomic E-state index is 0.00281. The Morgan fingerprint density at radius 2 is 1.69 bits per heavy atom. The lowest BCUT2D eigenvalue weighted by Crippen LogP contribution is -2.15. The summed E-state index contributed by atoms with van der Waals surface area (Å²) in [7, 11) is -2.53. The van der Waals surface area contributed by atoms with Gasteiger partial charge in [0, 0.05) is 24.2 Å². The van der Waals surface area contributed by atoms with E-state index in [1.807, 2.05) is 30.3 Å². The monoisotopic (exact) mass is 410 g/mol. The Kier molecular flexibility index (Phi) is 6.20. The number of methoxy groups -OCH3 is 1. The molecule has 1 heterocycles. The van der Waals surface area contributed by atoms with Crippen LogP contribution in [0.2, 0.25) is 0 Å². The number of anilines is 2. The molecule has 1 amide bonds. The van der Waals surface area contributed by atoms with Gasteiger partial charge in [-0.2, -0.15) is 0 Å². The standard InChI is InChI=1S/C20H18N4O4S/c1-28-20-19(21-13-14-22-20)24-29(26,27)17-10-8-16(9-11-17)23-18(25)12-7-15-5-3-2-4-6-15/h2-14H,1H3,(H,21,24)(H,23,25). The van der Waals surface area contributed by atoms with Crippen molar-refractivity contribution in [3.05, 3.63) is 78.6 Å². The van der Waals surface area contributed by atoms with Crippen molar-refractivity contribution in [3.63, 3.8) is 0 Å². The smallest absolute Gasteiger partial charge is 0.263 e. The number of sulfonamides is 1. The quantitative estimate of drug-likeness (QED) is 0.580. The first kappa shape index (κ1) is 20.0. The molecular weight excluding hydrogens is 392 g/mol. The van der Waals surface area contributed by atoms with Crippen molar-refractivity contribution in [2.75, 3.05) is 17.1 Å². The third-order valence-corrected chi connectivity index (χ3v) is 5.10. The van der Waals surface area contributed by atoms with Crippen LogP contribution in [0.5, 0.6) is 5.88 Å². The average Bonchev–Trinajstić information content (AvgIpc) is 2.73. The number of nitrogens with zero attached hydrogens (tertiary/aromatic N) is 2. The molecule has 2 aromatic carbocycles. The van der Waals surface area contributed by atoms with Gasteiger partial charge in [-0.3, -0.25) is 9.52 Å². The first-order valence-electron chi connectivity index (χ1n) is 8.50. The van der Waals surface area contributed by atoms with Crippen LogP contribution in [-0.2, 0) is 14.8 Å². The largest absolute Gasteiger partial charge is 0.478 e. The van der Waals surface area contributed by atoms with E-state index in [9.17, 15) is 13.2 Å². The highest BCUT2D eigenvalue weighted by Crippen LogP contribution is 2.22. The number of hydrogen-bond acceptors (Lipinski definition) is 6. The molecule has 0 aliphatic heterocycles. The van der Waals surface area contributed by atoms with E-state index in [0.29, 0.717) is 5.69 Å². The van der Waals surface area contributed by atoms with Crippen molar-refractivity contribution in [1.82, 2.24) is 9.97 Å². The summed E-state index contributed by atoms with van der Waals surface area (Å²) in [5.74, 6) is -0.282. The number of hydrogen-bond donors (Lipinski definition) is 2. The van der Waals surface area contributed by atoms with Gasteiger partial charge < -0.3 is 10.1 Å². The second-order valence-corrected chi connectivity index (χ2v) is 7.46. The maximum atomic E-state index is 12.5.